The molecule has 0 aliphatic carbocycles. The molecule has 10 heteroatoms. The van der Waals surface area contributed by atoms with Crippen LogP contribution < -0.4 is 0 Å². The Morgan fingerprint density at radius 2 is 1.52 bits per heavy atom. The minimum absolute atomic E-state index is 0.0490. The van der Waals surface area contributed by atoms with Crippen LogP contribution in [0, 0.1) is 0 Å². The van der Waals surface area contributed by atoms with Crippen LogP contribution in [0.2, 0.25) is 10.0 Å². The summed E-state index contributed by atoms with van der Waals surface area (Å²) < 4.78 is 78.6. The normalized spacial score (nSPS) is 17.7. The summed E-state index contributed by atoms with van der Waals surface area (Å²) in [5.74, 6) is -0.553. The van der Waals surface area contributed by atoms with Gasteiger partial charge in [0.05, 0.1) is 33.6 Å². The number of piperidine rings is 1. The molecule has 0 bridgehead atoms. The Morgan fingerprint density at radius 1 is 0.903 bits per heavy atom. The molecule has 0 spiro atoms. The molecule has 1 heterocycles. The maximum atomic E-state index is 13.1. The van der Waals surface area contributed by atoms with Gasteiger partial charge in [-0.15, -0.1) is 0 Å². The second-order valence-electron chi connectivity index (χ2n) is 7.36. The zero-order valence-corrected chi connectivity index (χ0v) is 17.5. The van der Waals surface area contributed by atoms with E-state index >= 15 is 0 Å². The van der Waals surface area contributed by atoms with Crippen LogP contribution in [0.25, 0.3) is 0 Å². The van der Waals surface area contributed by atoms with Gasteiger partial charge in [0.1, 0.15) is 0 Å². The summed E-state index contributed by atoms with van der Waals surface area (Å²) in [5, 5.41) is 0.632. The highest BCUT2D eigenvalue weighted by molar-refractivity contribution is 6.42. The lowest BCUT2D eigenvalue weighted by Gasteiger charge is -2.36. The van der Waals surface area contributed by atoms with E-state index in [1.54, 1.807) is 18.2 Å². The standard InChI is InChI=1S/C21H17Cl2F6NO/c22-16-5-4-13(10-17(16)23)18-3-1-2-6-30(18)19(31)9-12-7-14(20(24,25)26)11-15(8-12)21(27,28)29/h4-5,7-8,10-11,18H,1-3,6,9H2. The van der Waals surface area contributed by atoms with Gasteiger partial charge >= 0.3 is 12.4 Å². The smallest absolute Gasteiger partial charge is 0.335 e. The lowest BCUT2D eigenvalue weighted by Crippen LogP contribution is -2.39. The molecule has 2 nitrogen and oxygen atoms in total. The summed E-state index contributed by atoms with van der Waals surface area (Å²) >= 11 is 12.0. The zero-order chi connectivity index (χ0) is 23.0. The van der Waals surface area contributed by atoms with Crippen LogP contribution in [0.3, 0.4) is 0 Å². The summed E-state index contributed by atoms with van der Waals surface area (Å²) in [7, 11) is 0. The van der Waals surface area contributed by atoms with Crippen LogP contribution in [0.15, 0.2) is 36.4 Å². The second-order valence-corrected chi connectivity index (χ2v) is 8.18. The van der Waals surface area contributed by atoms with E-state index in [1.807, 2.05) is 0 Å². The molecule has 1 unspecified atom stereocenters. The molecular weight excluding hydrogens is 467 g/mol. The van der Waals surface area contributed by atoms with Gasteiger partial charge in [0.25, 0.3) is 0 Å². The molecule has 0 saturated carbocycles. The lowest BCUT2D eigenvalue weighted by molar-refractivity contribution is -0.143. The second kappa shape index (κ2) is 8.90. The maximum absolute atomic E-state index is 13.1. The Hall–Kier alpha value is -1.93. The average Bonchev–Trinajstić information content (AvgIpc) is 2.68. The summed E-state index contributed by atoms with van der Waals surface area (Å²) in [6.45, 7) is 0.342. The first-order valence-electron chi connectivity index (χ1n) is 9.39. The summed E-state index contributed by atoms with van der Waals surface area (Å²) in [6.07, 6.45) is -8.42. The molecule has 0 N–H and O–H groups in total. The molecule has 1 saturated heterocycles. The minimum Gasteiger partial charge on any atom is -0.335 e. The number of carbonyl (C=O) groups excluding carboxylic acids is 1. The van der Waals surface area contributed by atoms with Gasteiger partial charge in [0.2, 0.25) is 5.91 Å². The van der Waals surface area contributed by atoms with Crippen LogP contribution in [0.5, 0.6) is 0 Å². The number of benzene rings is 2. The van der Waals surface area contributed by atoms with E-state index in [0.717, 1.165) is 6.42 Å². The largest absolute Gasteiger partial charge is 0.416 e. The third kappa shape index (κ3) is 5.66. The van der Waals surface area contributed by atoms with E-state index < -0.39 is 35.8 Å². The Morgan fingerprint density at radius 3 is 2.06 bits per heavy atom. The molecule has 2 aromatic carbocycles. The molecule has 1 amide bonds. The van der Waals surface area contributed by atoms with Crippen molar-refractivity contribution >= 4 is 29.1 Å². The molecule has 1 atom stereocenters. The van der Waals surface area contributed by atoms with Gasteiger partial charge < -0.3 is 4.90 Å². The van der Waals surface area contributed by atoms with Crippen molar-refractivity contribution in [1.82, 2.24) is 4.90 Å². The molecule has 31 heavy (non-hydrogen) atoms. The number of hydrogen-bond acceptors (Lipinski definition) is 1. The molecule has 168 valence electrons. The van der Waals surface area contributed by atoms with Gasteiger partial charge in [0.15, 0.2) is 0 Å². The van der Waals surface area contributed by atoms with Crippen molar-refractivity contribution in [2.45, 2.75) is 44.1 Å². The van der Waals surface area contributed by atoms with Crippen molar-refractivity contribution < 1.29 is 31.1 Å². The van der Waals surface area contributed by atoms with Gasteiger partial charge in [-0.05, 0) is 60.7 Å². The Kier molecular flexibility index (Phi) is 6.81. The first kappa shape index (κ1) is 23.7. The van der Waals surface area contributed by atoms with Gasteiger partial charge in [-0.25, -0.2) is 0 Å². The fraction of sp³-hybridized carbons (Fsp3) is 0.381. The summed E-state index contributed by atoms with van der Waals surface area (Å²) in [5.41, 5.74) is -2.51. The van der Waals surface area contributed by atoms with Crippen LogP contribution in [0.4, 0.5) is 26.3 Å². The van der Waals surface area contributed by atoms with Gasteiger partial charge in [-0.2, -0.15) is 26.3 Å². The van der Waals surface area contributed by atoms with Crippen LogP contribution in [-0.4, -0.2) is 17.4 Å². The van der Waals surface area contributed by atoms with Gasteiger partial charge in [0, 0.05) is 6.54 Å². The highest BCUT2D eigenvalue weighted by Gasteiger charge is 2.37. The van der Waals surface area contributed by atoms with Crippen LogP contribution >= 0.6 is 23.2 Å². The highest BCUT2D eigenvalue weighted by atomic mass is 35.5. The van der Waals surface area contributed by atoms with E-state index in [4.69, 9.17) is 23.2 Å². The Balaban J connectivity index is 1.90. The molecule has 0 aromatic heterocycles. The van der Waals surface area contributed by atoms with E-state index in [-0.39, 0.29) is 17.7 Å². The predicted octanol–water partition coefficient (Wildman–Crippen LogP) is 7.33. The molecule has 2 aromatic rings. The minimum atomic E-state index is -4.97. The van der Waals surface area contributed by atoms with Crippen LogP contribution in [-0.2, 0) is 23.6 Å². The molecule has 3 rings (SSSR count). The maximum Gasteiger partial charge on any atom is 0.416 e. The number of nitrogens with zero attached hydrogens (tertiary/aromatic N) is 1. The van der Waals surface area contributed by atoms with Crippen molar-refractivity contribution in [3.63, 3.8) is 0 Å². The molecule has 1 aliphatic rings. The number of amides is 1. The number of likely N-dealkylation sites (tertiary alicyclic amines) is 1. The van der Waals surface area contributed by atoms with Crippen molar-refractivity contribution in [2.75, 3.05) is 6.54 Å². The fourth-order valence-electron chi connectivity index (χ4n) is 3.69. The quantitative estimate of drug-likeness (QED) is 0.418. The highest BCUT2D eigenvalue weighted by Crippen LogP contribution is 2.38. The average molecular weight is 484 g/mol. The first-order valence-corrected chi connectivity index (χ1v) is 10.1. The van der Waals surface area contributed by atoms with E-state index in [9.17, 15) is 31.1 Å². The SMILES string of the molecule is O=C(Cc1cc(C(F)(F)F)cc(C(F)(F)F)c1)N1CCCCC1c1ccc(Cl)c(Cl)c1. The summed E-state index contributed by atoms with van der Waals surface area (Å²) in [6, 6.07) is 5.75. The predicted molar refractivity (Wildman–Crippen MR) is 105 cm³/mol. The van der Waals surface area contributed by atoms with E-state index in [0.29, 0.717) is 47.1 Å². The summed E-state index contributed by atoms with van der Waals surface area (Å²) in [4.78, 5) is 14.4. The zero-order valence-electron chi connectivity index (χ0n) is 16.0. The molecule has 1 aliphatic heterocycles. The number of hydrogen-bond donors (Lipinski definition) is 0. The number of halogens is 8. The Bertz CT molecular complexity index is 941. The number of rotatable bonds is 3. The molecule has 0 radical (unpaired) electrons. The van der Waals surface area contributed by atoms with E-state index in [1.165, 1.54) is 4.90 Å². The monoisotopic (exact) mass is 483 g/mol. The molecule has 1 fully saturated rings. The number of alkyl halides is 6. The van der Waals surface area contributed by atoms with Crippen molar-refractivity contribution in [3.05, 3.63) is 68.7 Å². The van der Waals surface area contributed by atoms with Gasteiger partial charge in [-0.3, -0.25) is 4.79 Å². The number of carbonyl (C=O) groups is 1. The lowest BCUT2D eigenvalue weighted by atomic mass is 9.94. The van der Waals surface area contributed by atoms with Crippen molar-refractivity contribution in [2.24, 2.45) is 0 Å². The fourth-order valence-corrected chi connectivity index (χ4v) is 4.00. The van der Waals surface area contributed by atoms with Gasteiger partial charge in [-0.1, -0.05) is 29.3 Å². The topological polar surface area (TPSA) is 20.3 Å². The van der Waals surface area contributed by atoms with E-state index in [2.05, 4.69) is 0 Å². The van der Waals surface area contributed by atoms with Crippen LogP contribution in [0.1, 0.15) is 47.6 Å². The van der Waals surface area contributed by atoms with Crippen molar-refractivity contribution in [1.29, 1.82) is 0 Å². The molecular formula is C21H17Cl2F6NO. The third-order valence-electron chi connectivity index (χ3n) is 5.15. The third-order valence-corrected chi connectivity index (χ3v) is 5.89. The Labute approximate surface area is 184 Å². The van der Waals surface area contributed by atoms with Crippen molar-refractivity contribution in [3.8, 4) is 0 Å². The first-order chi connectivity index (χ1) is 14.4.